The summed E-state index contributed by atoms with van der Waals surface area (Å²) in [4.78, 5) is 4.78. The molecule has 0 atom stereocenters. The quantitative estimate of drug-likeness (QED) is 0.856. The second-order valence-corrected chi connectivity index (χ2v) is 6.88. The van der Waals surface area contributed by atoms with Crippen molar-refractivity contribution in [1.29, 1.82) is 0 Å². The van der Waals surface area contributed by atoms with E-state index in [9.17, 15) is 4.39 Å². The Balaban J connectivity index is 1.53. The molecule has 0 saturated carbocycles. The molecule has 0 unspecified atom stereocenters. The van der Waals surface area contributed by atoms with Crippen molar-refractivity contribution in [3.8, 4) is 0 Å². The van der Waals surface area contributed by atoms with Gasteiger partial charge in [0.15, 0.2) is 0 Å². The minimum atomic E-state index is -0.181. The van der Waals surface area contributed by atoms with Gasteiger partial charge in [-0.25, -0.2) is 4.39 Å². The molecule has 1 aliphatic rings. The van der Waals surface area contributed by atoms with Gasteiger partial charge in [-0.1, -0.05) is 28.2 Å². The third-order valence-corrected chi connectivity index (χ3v) is 4.87. The molecular formula is C15H18ClFN4S. The topological polar surface area (TPSA) is 32.3 Å². The van der Waals surface area contributed by atoms with Crippen LogP contribution in [0.4, 0.5) is 4.39 Å². The van der Waals surface area contributed by atoms with Gasteiger partial charge in [0.05, 0.1) is 0 Å². The van der Waals surface area contributed by atoms with Gasteiger partial charge in [-0.2, -0.15) is 0 Å². The van der Waals surface area contributed by atoms with E-state index in [0.29, 0.717) is 4.34 Å². The summed E-state index contributed by atoms with van der Waals surface area (Å²) in [7, 11) is 0. The van der Waals surface area contributed by atoms with Crippen LogP contribution >= 0.6 is 23.1 Å². The van der Waals surface area contributed by atoms with E-state index in [-0.39, 0.29) is 5.82 Å². The summed E-state index contributed by atoms with van der Waals surface area (Å²) in [5.41, 5.74) is 2.03. The van der Waals surface area contributed by atoms with Gasteiger partial charge < -0.3 is 0 Å². The summed E-state index contributed by atoms with van der Waals surface area (Å²) in [5.74, 6) is -0.181. The molecule has 1 fully saturated rings. The van der Waals surface area contributed by atoms with Crippen LogP contribution < -0.4 is 0 Å². The van der Waals surface area contributed by atoms with Gasteiger partial charge in [0.25, 0.3) is 0 Å². The molecule has 0 radical (unpaired) electrons. The van der Waals surface area contributed by atoms with Crippen LogP contribution in [0.3, 0.4) is 0 Å². The lowest BCUT2D eigenvalue weighted by molar-refractivity contribution is 0.245. The highest BCUT2D eigenvalue weighted by Crippen LogP contribution is 2.19. The fourth-order valence-electron chi connectivity index (χ4n) is 2.69. The minimum Gasteiger partial charge on any atom is -0.298 e. The fourth-order valence-corrected chi connectivity index (χ4v) is 3.30. The second kappa shape index (κ2) is 7.46. The average Bonchev–Trinajstić information content (AvgIpc) is 2.78. The molecule has 4 nitrogen and oxygen atoms in total. The first-order chi connectivity index (χ1) is 10.7. The molecule has 1 aromatic carbocycles. The maximum absolute atomic E-state index is 13.0. The second-order valence-electron chi connectivity index (χ2n) is 5.53. The zero-order valence-corrected chi connectivity index (χ0v) is 13.8. The SMILES string of the molecule is Fc1ccc(CN2CCCN(Cc3nnsc3Cl)CC2)cc1. The lowest BCUT2D eigenvalue weighted by Gasteiger charge is -2.21. The average molecular weight is 341 g/mol. The van der Waals surface area contributed by atoms with Gasteiger partial charge in [-0.3, -0.25) is 9.80 Å². The first-order valence-corrected chi connectivity index (χ1v) is 8.52. The standard InChI is InChI=1S/C15H18ClFN4S/c16-15-14(18-19-22-15)11-21-7-1-6-20(8-9-21)10-12-2-4-13(17)5-3-12/h2-5H,1,6-11H2. The highest BCUT2D eigenvalue weighted by Gasteiger charge is 2.17. The smallest absolute Gasteiger partial charge is 0.138 e. The van der Waals surface area contributed by atoms with Gasteiger partial charge >= 0.3 is 0 Å². The van der Waals surface area contributed by atoms with Gasteiger partial charge in [-0.05, 0) is 37.2 Å². The van der Waals surface area contributed by atoms with Gasteiger partial charge in [0.1, 0.15) is 15.8 Å². The van der Waals surface area contributed by atoms with E-state index in [2.05, 4.69) is 19.4 Å². The van der Waals surface area contributed by atoms with Crippen LogP contribution in [0.25, 0.3) is 0 Å². The highest BCUT2D eigenvalue weighted by atomic mass is 35.5. The number of hydrogen-bond donors (Lipinski definition) is 0. The molecule has 1 aliphatic heterocycles. The summed E-state index contributed by atoms with van der Waals surface area (Å²) in [6.45, 7) is 5.69. The number of aromatic nitrogens is 2. The monoisotopic (exact) mass is 340 g/mol. The minimum absolute atomic E-state index is 0.181. The molecule has 0 amide bonds. The summed E-state index contributed by atoms with van der Waals surface area (Å²) in [6, 6.07) is 6.77. The van der Waals surface area contributed by atoms with Gasteiger partial charge in [-0.15, -0.1) is 5.10 Å². The van der Waals surface area contributed by atoms with Crippen LogP contribution in [-0.4, -0.2) is 45.6 Å². The molecule has 1 saturated heterocycles. The van der Waals surface area contributed by atoms with Crippen molar-refractivity contribution in [2.45, 2.75) is 19.5 Å². The molecule has 118 valence electrons. The molecule has 0 aliphatic carbocycles. The largest absolute Gasteiger partial charge is 0.298 e. The van der Waals surface area contributed by atoms with Gasteiger partial charge in [0, 0.05) is 37.7 Å². The van der Waals surface area contributed by atoms with E-state index in [1.54, 1.807) is 0 Å². The maximum Gasteiger partial charge on any atom is 0.138 e. The molecule has 3 rings (SSSR count). The van der Waals surface area contributed by atoms with Crippen LogP contribution in [0.5, 0.6) is 0 Å². The van der Waals surface area contributed by atoms with Crippen LogP contribution in [0, 0.1) is 5.82 Å². The Morgan fingerprint density at radius 2 is 1.73 bits per heavy atom. The summed E-state index contributed by atoms with van der Waals surface area (Å²) in [6.07, 6.45) is 1.11. The Labute approximate surface area is 138 Å². The summed E-state index contributed by atoms with van der Waals surface area (Å²) >= 11 is 7.31. The molecule has 0 bridgehead atoms. The number of nitrogens with zero attached hydrogens (tertiary/aromatic N) is 4. The highest BCUT2D eigenvalue weighted by molar-refractivity contribution is 7.10. The molecule has 0 N–H and O–H groups in total. The van der Waals surface area contributed by atoms with Gasteiger partial charge in [0.2, 0.25) is 0 Å². The Kier molecular flexibility index (Phi) is 5.36. The van der Waals surface area contributed by atoms with Crippen LogP contribution in [-0.2, 0) is 13.1 Å². The van der Waals surface area contributed by atoms with Crippen molar-refractivity contribution < 1.29 is 4.39 Å². The molecule has 1 aromatic heterocycles. The van der Waals surface area contributed by atoms with Crippen LogP contribution in [0.15, 0.2) is 24.3 Å². The number of hydrogen-bond acceptors (Lipinski definition) is 5. The molecule has 7 heteroatoms. The van der Waals surface area contributed by atoms with E-state index in [0.717, 1.165) is 56.9 Å². The predicted molar refractivity (Wildman–Crippen MR) is 86.5 cm³/mol. The third-order valence-electron chi connectivity index (χ3n) is 3.88. The Hall–Kier alpha value is -1.08. The predicted octanol–water partition coefficient (Wildman–Crippen LogP) is 3.04. The van der Waals surface area contributed by atoms with E-state index in [1.165, 1.54) is 23.7 Å². The molecular weight excluding hydrogens is 323 g/mol. The number of rotatable bonds is 4. The molecule has 22 heavy (non-hydrogen) atoms. The van der Waals surface area contributed by atoms with Crippen molar-refractivity contribution in [3.05, 3.63) is 45.7 Å². The Morgan fingerprint density at radius 3 is 2.36 bits per heavy atom. The maximum atomic E-state index is 13.0. The number of halogens is 2. The summed E-state index contributed by atoms with van der Waals surface area (Å²) in [5, 5.41) is 4.08. The van der Waals surface area contributed by atoms with Crippen molar-refractivity contribution >= 4 is 23.1 Å². The lowest BCUT2D eigenvalue weighted by Crippen LogP contribution is -2.30. The van der Waals surface area contributed by atoms with E-state index in [4.69, 9.17) is 11.6 Å². The zero-order chi connectivity index (χ0) is 15.4. The van der Waals surface area contributed by atoms with E-state index in [1.807, 2.05) is 12.1 Å². The summed E-state index contributed by atoms with van der Waals surface area (Å²) < 4.78 is 17.5. The van der Waals surface area contributed by atoms with Crippen molar-refractivity contribution in [2.75, 3.05) is 26.2 Å². The van der Waals surface area contributed by atoms with Crippen LogP contribution in [0.1, 0.15) is 17.7 Å². The normalized spacial score (nSPS) is 17.5. The van der Waals surface area contributed by atoms with Crippen molar-refractivity contribution in [1.82, 2.24) is 19.4 Å². The molecule has 2 aromatic rings. The first kappa shape index (κ1) is 15.8. The molecule has 0 spiro atoms. The Morgan fingerprint density at radius 1 is 1.05 bits per heavy atom. The van der Waals surface area contributed by atoms with E-state index >= 15 is 0 Å². The van der Waals surface area contributed by atoms with E-state index < -0.39 is 0 Å². The number of benzene rings is 1. The van der Waals surface area contributed by atoms with Crippen molar-refractivity contribution in [3.63, 3.8) is 0 Å². The van der Waals surface area contributed by atoms with Crippen molar-refractivity contribution in [2.24, 2.45) is 0 Å². The zero-order valence-electron chi connectivity index (χ0n) is 12.2. The fraction of sp³-hybridized carbons (Fsp3) is 0.467. The van der Waals surface area contributed by atoms with Crippen LogP contribution in [0.2, 0.25) is 4.34 Å². The molecule has 2 heterocycles. The third kappa shape index (κ3) is 4.23. The lowest BCUT2D eigenvalue weighted by atomic mass is 10.2. The Bertz CT molecular complexity index is 604. The first-order valence-electron chi connectivity index (χ1n) is 7.36.